The summed E-state index contributed by atoms with van der Waals surface area (Å²) in [4.78, 5) is 11.9. The van der Waals surface area contributed by atoms with Gasteiger partial charge < -0.3 is 5.32 Å². The number of amides is 1. The van der Waals surface area contributed by atoms with Crippen LogP contribution in [0.25, 0.3) is 0 Å². The van der Waals surface area contributed by atoms with Gasteiger partial charge in [-0.15, -0.1) is 0 Å². The molecule has 0 fully saturated rings. The SMILES string of the molecule is Cc1ccc(NC(=O)c2ccc(C)cc2)cc1.Cc1ccc([Si](C)(C)c2ccc(C)cc2)cc1.Cc1cccc([Si](C)(C)c2cccc(C)c2)c1. The minimum absolute atomic E-state index is 0.0751. The highest BCUT2D eigenvalue weighted by Gasteiger charge is 2.26. The maximum Gasteiger partial charge on any atom is 0.255 e. The van der Waals surface area contributed by atoms with Crippen molar-refractivity contribution in [2.24, 2.45) is 0 Å². The van der Waals surface area contributed by atoms with E-state index < -0.39 is 16.1 Å². The molecule has 0 aliphatic rings. The Morgan fingerprint density at radius 2 is 0.725 bits per heavy atom. The highest BCUT2D eigenvalue weighted by atomic mass is 28.3. The average molecular weight is 706 g/mol. The zero-order chi connectivity index (χ0) is 37.2. The Morgan fingerprint density at radius 1 is 0.392 bits per heavy atom. The first-order valence-corrected chi connectivity index (χ1v) is 23.9. The van der Waals surface area contributed by atoms with E-state index in [4.69, 9.17) is 0 Å². The van der Waals surface area contributed by atoms with Crippen LogP contribution in [-0.4, -0.2) is 22.1 Å². The van der Waals surface area contributed by atoms with Crippen molar-refractivity contribution in [1.29, 1.82) is 0 Å². The van der Waals surface area contributed by atoms with Gasteiger partial charge in [0.1, 0.15) is 16.1 Å². The molecule has 0 aliphatic heterocycles. The number of carbonyl (C=O) groups is 1. The Kier molecular flexibility index (Phi) is 13.3. The van der Waals surface area contributed by atoms with Crippen molar-refractivity contribution in [3.8, 4) is 0 Å². The number of aryl methyl sites for hydroxylation is 6. The average Bonchev–Trinajstić information content (AvgIpc) is 3.10. The fraction of sp³-hybridized carbons (Fsp3) is 0.213. The van der Waals surface area contributed by atoms with Gasteiger partial charge in [-0.05, 0) is 65.8 Å². The van der Waals surface area contributed by atoms with Crippen LogP contribution in [-0.2, 0) is 0 Å². The summed E-state index contributed by atoms with van der Waals surface area (Å²) in [5.41, 5.74) is 9.21. The van der Waals surface area contributed by atoms with Crippen LogP contribution in [0.1, 0.15) is 43.7 Å². The van der Waals surface area contributed by atoms with Gasteiger partial charge in [0.25, 0.3) is 5.91 Å². The first-order valence-electron chi connectivity index (χ1n) is 17.9. The maximum atomic E-state index is 11.9. The number of hydrogen-bond acceptors (Lipinski definition) is 1. The molecule has 0 atom stereocenters. The van der Waals surface area contributed by atoms with Gasteiger partial charge in [0, 0.05) is 11.3 Å². The topological polar surface area (TPSA) is 29.1 Å². The number of hydrogen-bond donors (Lipinski definition) is 1. The van der Waals surface area contributed by atoms with E-state index in [0.717, 1.165) is 11.3 Å². The van der Waals surface area contributed by atoms with E-state index in [-0.39, 0.29) is 5.91 Å². The van der Waals surface area contributed by atoms with E-state index in [1.54, 1.807) is 0 Å². The summed E-state index contributed by atoms with van der Waals surface area (Å²) in [6.07, 6.45) is 0. The molecule has 1 N–H and O–H groups in total. The van der Waals surface area contributed by atoms with Crippen LogP contribution in [0.4, 0.5) is 5.69 Å². The summed E-state index contributed by atoms with van der Waals surface area (Å²) in [5, 5.41) is 8.91. The van der Waals surface area contributed by atoms with Gasteiger partial charge in [0.05, 0.1) is 0 Å². The molecule has 6 aromatic carbocycles. The minimum atomic E-state index is -1.52. The van der Waals surface area contributed by atoms with Crippen LogP contribution in [0.5, 0.6) is 0 Å². The summed E-state index contributed by atoms with van der Waals surface area (Å²) in [6, 6.07) is 51.3. The molecule has 0 aliphatic carbocycles. The molecular formula is C47H55NOSi2. The molecule has 0 bridgehead atoms. The lowest BCUT2D eigenvalue weighted by molar-refractivity contribution is 0.102. The fourth-order valence-corrected chi connectivity index (χ4v) is 10.8. The van der Waals surface area contributed by atoms with Gasteiger partial charge in [-0.3, -0.25) is 4.79 Å². The Labute approximate surface area is 309 Å². The summed E-state index contributed by atoms with van der Waals surface area (Å²) >= 11 is 0. The Balaban J connectivity index is 0.000000172. The number of benzene rings is 6. The third-order valence-electron chi connectivity index (χ3n) is 9.65. The van der Waals surface area contributed by atoms with E-state index in [1.165, 1.54) is 48.6 Å². The standard InChI is InChI=1S/2C16H20Si.C15H15NO/c1-13-5-9-15(10-6-13)17(3,4)16-11-7-14(2)8-12-16;1-13-7-5-9-15(11-13)17(3,4)16-10-6-8-14(2)12-16;1-11-3-7-13(8-4-11)15(17)16-14-9-5-12(2)6-10-14/h2*5-12H,1-4H3;3-10H,1-2H3,(H,16,17). The normalized spacial score (nSPS) is 11.0. The first kappa shape index (κ1) is 39.0. The second kappa shape index (κ2) is 17.4. The second-order valence-electron chi connectivity index (χ2n) is 14.9. The van der Waals surface area contributed by atoms with Crippen molar-refractivity contribution in [2.75, 3.05) is 5.32 Å². The molecular weight excluding hydrogens is 651 g/mol. The molecule has 6 aromatic rings. The van der Waals surface area contributed by atoms with Gasteiger partial charge in [-0.25, -0.2) is 0 Å². The molecule has 0 radical (unpaired) electrons. The maximum absolute atomic E-state index is 11.9. The van der Waals surface area contributed by atoms with Crippen molar-refractivity contribution >= 4 is 48.5 Å². The van der Waals surface area contributed by atoms with Crippen LogP contribution in [0.3, 0.4) is 0 Å². The van der Waals surface area contributed by atoms with Crippen LogP contribution < -0.4 is 26.1 Å². The van der Waals surface area contributed by atoms with E-state index in [0.29, 0.717) is 5.56 Å². The number of anilines is 1. The van der Waals surface area contributed by atoms with Crippen LogP contribution in [0, 0.1) is 41.5 Å². The highest BCUT2D eigenvalue weighted by Crippen LogP contribution is 2.12. The highest BCUT2D eigenvalue weighted by molar-refractivity contribution is 7.01. The third kappa shape index (κ3) is 11.1. The van der Waals surface area contributed by atoms with Crippen LogP contribution >= 0.6 is 0 Å². The summed E-state index contributed by atoms with van der Waals surface area (Å²) in [6.45, 7) is 22.3. The van der Waals surface area contributed by atoms with Gasteiger partial charge in [0.15, 0.2) is 0 Å². The summed E-state index contributed by atoms with van der Waals surface area (Å²) in [5.74, 6) is -0.0751. The zero-order valence-electron chi connectivity index (χ0n) is 32.3. The molecule has 0 aromatic heterocycles. The minimum Gasteiger partial charge on any atom is -0.322 e. The largest absolute Gasteiger partial charge is 0.322 e. The molecule has 1 amide bonds. The van der Waals surface area contributed by atoms with Gasteiger partial charge in [0.2, 0.25) is 0 Å². The predicted molar refractivity (Wildman–Crippen MR) is 229 cm³/mol. The van der Waals surface area contributed by atoms with Crippen LogP contribution in [0.15, 0.2) is 146 Å². The molecule has 0 unspecified atom stereocenters. The lowest BCUT2D eigenvalue weighted by Crippen LogP contribution is -2.52. The van der Waals surface area contributed by atoms with Crippen molar-refractivity contribution in [2.45, 2.75) is 67.7 Å². The molecule has 0 saturated heterocycles. The van der Waals surface area contributed by atoms with Gasteiger partial charge in [-0.2, -0.15) is 0 Å². The Bertz CT molecular complexity index is 1910. The first-order chi connectivity index (χ1) is 24.1. The summed E-state index contributed by atoms with van der Waals surface area (Å²) < 4.78 is 0. The number of rotatable bonds is 6. The van der Waals surface area contributed by atoms with Crippen molar-refractivity contribution in [1.82, 2.24) is 0 Å². The molecule has 262 valence electrons. The molecule has 0 saturated carbocycles. The quantitative estimate of drug-likeness (QED) is 0.172. The van der Waals surface area contributed by atoms with Crippen molar-refractivity contribution in [3.63, 3.8) is 0 Å². The van der Waals surface area contributed by atoms with Gasteiger partial charge in [-0.1, -0.05) is 202 Å². The molecule has 0 spiro atoms. The summed E-state index contributed by atoms with van der Waals surface area (Å²) in [7, 11) is -3.02. The molecule has 4 heteroatoms. The number of carbonyl (C=O) groups excluding carboxylic acids is 1. The second-order valence-corrected chi connectivity index (χ2v) is 23.7. The number of nitrogens with one attached hydrogen (secondary N) is 1. The predicted octanol–water partition coefficient (Wildman–Crippen LogP) is 9.81. The lowest BCUT2D eigenvalue weighted by Gasteiger charge is -2.24. The molecule has 0 heterocycles. The van der Waals surface area contributed by atoms with Crippen molar-refractivity contribution < 1.29 is 4.79 Å². The van der Waals surface area contributed by atoms with Crippen LogP contribution in [0.2, 0.25) is 26.2 Å². The smallest absolute Gasteiger partial charge is 0.255 e. The Morgan fingerprint density at radius 3 is 1.10 bits per heavy atom. The molecule has 6 rings (SSSR count). The van der Waals surface area contributed by atoms with Gasteiger partial charge >= 0.3 is 0 Å². The fourth-order valence-electron chi connectivity index (χ4n) is 5.89. The van der Waals surface area contributed by atoms with E-state index >= 15 is 0 Å². The van der Waals surface area contributed by atoms with E-state index in [1.807, 2.05) is 62.4 Å². The Hall–Kier alpha value is -4.78. The van der Waals surface area contributed by atoms with Crippen molar-refractivity contribution in [3.05, 3.63) is 185 Å². The third-order valence-corrected chi connectivity index (χ3v) is 16.7. The molecule has 2 nitrogen and oxygen atoms in total. The van der Waals surface area contributed by atoms with E-state index in [2.05, 4.69) is 156 Å². The lowest BCUT2D eigenvalue weighted by atomic mass is 10.1. The zero-order valence-corrected chi connectivity index (χ0v) is 34.3. The monoisotopic (exact) mass is 705 g/mol. The van der Waals surface area contributed by atoms with E-state index in [9.17, 15) is 4.79 Å². The molecule has 51 heavy (non-hydrogen) atoms.